The van der Waals surface area contributed by atoms with E-state index in [1.54, 1.807) is 11.8 Å². The van der Waals surface area contributed by atoms with E-state index in [-0.39, 0.29) is 12.7 Å². The third kappa shape index (κ3) is 8.85. The summed E-state index contributed by atoms with van der Waals surface area (Å²) in [5.74, 6) is 0.795. The topological polar surface area (TPSA) is 40.5 Å². The molecule has 0 saturated carbocycles. The van der Waals surface area contributed by atoms with Crippen LogP contribution in [0.15, 0.2) is 0 Å². The molecule has 0 aliphatic rings. The van der Waals surface area contributed by atoms with Crippen molar-refractivity contribution in [3.63, 3.8) is 0 Å². The first-order valence-electron chi connectivity index (χ1n) is 5.61. The second-order valence-electron chi connectivity index (χ2n) is 3.80. The molecule has 0 aromatic rings. The third-order valence-electron chi connectivity index (χ3n) is 2.18. The Morgan fingerprint density at radius 1 is 1.29 bits per heavy atom. The molecular weight excluding hydrogens is 196 g/mol. The molecule has 0 fully saturated rings. The van der Waals surface area contributed by atoms with Gasteiger partial charge in [-0.2, -0.15) is 11.8 Å². The molecule has 0 radical (unpaired) electrons. The summed E-state index contributed by atoms with van der Waals surface area (Å²) in [6.45, 7) is 4.28. The van der Waals surface area contributed by atoms with Gasteiger partial charge in [0.25, 0.3) is 0 Å². The number of aliphatic hydroxyl groups is 2. The Balaban J connectivity index is 3.61. The first kappa shape index (κ1) is 14.3. The van der Waals surface area contributed by atoms with Gasteiger partial charge in [0, 0.05) is 11.0 Å². The first-order valence-corrected chi connectivity index (χ1v) is 6.66. The van der Waals surface area contributed by atoms with Crippen molar-refractivity contribution in [1.82, 2.24) is 0 Å². The highest BCUT2D eigenvalue weighted by atomic mass is 32.2. The van der Waals surface area contributed by atoms with Gasteiger partial charge in [0.15, 0.2) is 0 Å². The number of hydrogen-bond donors (Lipinski definition) is 2. The highest BCUT2D eigenvalue weighted by Crippen LogP contribution is 2.22. The van der Waals surface area contributed by atoms with E-state index in [2.05, 4.69) is 6.92 Å². The average Bonchev–Trinajstić information content (AvgIpc) is 2.13. The molecule has 0 heterocycles. The van der Waals surface area contributed by atoms with Crippen molar-refractivity contribution >= 4 is 11.8 Å². The van der Waals surface area contributed by atoms with Gasteiger partial charge in [-0.15, -0.1) is 0 Å². The van der Waals surface area contributed by atoms with E-state index in [0.717, 1.165) is 12.2 Å². The van der Waals surface area contributed by atoms with Gasteiger partial charge in [0.2, 0.25) is 0 Å². The summed E-state index contributed by atoms with van der Waals surface area (Å²) < 4.78 is 0. The third-order valence-corrected chi connectivity index (χ3v) is 3.50. The minimum absolute atomic E-state index is 0.215. The molecule has 0 rings (SSSR count). The van der Waals surface area contributed by atoms with Crippen molar-refractivity contribution in [2.45, 2.75) is 57.3 Å². The highest BCUT2D eigenvalue weighted by Gasteiger charge is 2.11. The Morgan fingerprint density at radius 3 is 2.50 bits per heavy atom. The smallest absolute Gasteiger partial charge is 0.0522 e. The van der Waals surface area contributed by atoms with E-state index in [9.17, 15) is 5.11 Å². The summed E-state index contributed by atoms with van der Waals surface area (Å²) in [7, 11) is 0. The van der Waals surface area contributed by atoms with E-state index in [4.69, 9.17) is 5.11 Å². The van der Waals surface area contributed by atoms with Gasteiger partial charge in [0.05, 0.1) is 12.7 Å². The Kier molecular flexibility index (Phi) is 10.0. The highest BCUT2D eigenvalue weighted by molar-refractivity contribution is 7.99. The van der Waals surface area contributed by atoms with Crippen LogP contribution in [0.5, 0.6) is 0 Å². The van der Waals surface area contributed by atoms with Crippen LogP contribution in [-0.4, -0.2) is 33.9 Å². The van der Waals surface area contributed by atoms with Gasteiger partial charge in [-0.25, -0.2) is 0 Å². The standard InChI is InChI=1S/C11H24O2S/c1-3-4-5-6-11(9-10(2)13)14-8-7-12/h10-13H,3-9H2,1-2H3. The summed E-state index contributed by atoms with van der Waals surface area (Å²) in [4.78, 5) is 0. The summed E-state index contributed by atoms with van der Waals surface area (Å²) in [5.41, 5.74) is 0. The fraction of sp³-hybridized carbons (Fsp3) is 1.00. The number of rotatable bonds is 9. The Hall–Kier alpha value is 0.270. The van der Waals surface area contributed by atoms with Crippen molar-refractivity contribution in [3.8, 4) is 0 Å². The molecule has 2 N–H and O–H groups in total. The quantitative estimate of drug-likeness (QED) is 0.586. The molecule has 0 aliphatic heterocycles. The zero-order chi connectivity index (χ0) is 10.8. The fourth-order valence-corrected chi connectivity index (χ4v) is 2.68. The van der Waals surface area contributed by atoms with E-state index in [0.29, 0.717) is 5.25 Å². The number of unbranched alkanes of at least 4 members (excludes halogenated alkanes) is 2. The van der Waals surface area contributed by atoms with Crippen molar-refractivity contribution in [2.75, 3.05) is 12.4 Å². The number of hydrogen-bond acceptors (Lipinski definition) is 3. The van der Waals surface area contributed by atoms with Gasteiger partial charge in [-0.05, 0) is 19.8 Å². The molecule has 2 unspecified atom stereocenters. The van der Waals surface area contributed by atoms with Crippen molar-refractivity contribution in [3.05, 3.63) is 0 Å². The molecule has 2 nitrogen and oxygen atoms in total. The number of thioether (sulfide) groups is 1. The van der Waals surface area contributed by atoms with Crippen LogP contribution in [0, 0.1) is 0 Å². The van der Waals surface area contributed by atoms with Crippen molar-refractivity contribution in [2.24, 2.45) is 0 Å². The first-order chi connectivity index (χ1) is 6.70. The molecule has 0 spiro atoms. The van der Waals surface area contributed by atoms with E-state index in [1.807, 2.05) is 6.92 Å². The van der Waals surface area contributed by atoms with Crippen LogP contribution in [0.3, 0.4) is 0 Å². The summed E-state index contributed by atoms with van der Waals surface area (Å²) in [6.07, 6.45) is 5.57. The lowest BCUT2D eigenvalue weighted by Gasteiger charge is -2.17. The molecule has 0 amide bonds. The Morgan fingerprint density at radius 2 is 2.00 bits per heavy atom. The van der Waals surface area contributed by atoms with Crippen molar-refractivity contribution < 1.29 is 10.2 Å². The van der Waals surface area contributed by atoms with Gasteiger partial charge in [0.1, 0.15) is 0 Å². The monoisotopic (exact) mass is 220 g/mol. The molecule has 86 valence electrons. The summed E-state index contributed by atoms with van der Waals surface area (Å²) >= 11 is 1.79. The van der Waals surface area contributed by atoms with Crippen LogP contribution in [0.25, 0.3) is 0 Å². The molecule has 3 heteroatoms. The lowest BCUT2D eigenvalue weighted by atomic mass is 10.1. The Labute approximate surface area is 92.1 Å². The minimum atomic E-state index is -0.215. The Bertz CT molecular complexity index is 118. The van der Waals surface area contributed by atoms with Crippen LogP contribution in [0.4, 0.5) is 0 Å². The maximum Gasteiger partial charge on any atom is 0.0522 e. The molecule has 0 aromatic heterocycles. The predicted octanol–water partition coefficient (Wildman–Crippen LogP) is 2.43. The van der Waals surface area contributed by atoms with Crippen molar-refractivity contribution in [1.29, 1.82) is 0 Å². The molecule has 0 aliphatic carbocycles. The lowest BCUT2D eigenvalue weighted by molar-refractivity contribution is 0.182. The molecular formula is C11H24O2S. The molecule has 0 saturated heterocycles. The predicted molar refractivity (Wildman–Crippen MR) is 63.8 cm³/mol. The minimum Gasteiger partial charge on any atom is -0.396 e. The lowest BCUT2D eigenvalue weighted by Crippen LogP contribution is -2.13. The van der Waals surface area contributed by atoms with E-state index >= 15 is 0 Å². The van der Waals surface area contributed by atoms with Gasteiger partial charge < -0.3 is 10.2 Å². The van der Waals surface area contributed by atoms with E-state index < -0.39 is 0 Å². The van der Waals surface area contributed by atoms with E-state index in [1.165, 1.54) is 25.7 Å². The van der Waals surface area contributed by atoms with Gasteiger partial charge >= 0.3 is 0 Å². The van der Waals surface area contributed by atoms with Crippen LogP contribution >= 0.6 is 11.8 Å². The second kappa shape index (κ2) is 9.81. The summed E-state index contributed by atoms with van der Waals surface area (Å²) in [6, 6.07) is 0. The van der Waals surface area contributed by atoms with Crippen LogP contribution in [0.1, 0.15) is 46.0 Å². The molecule has 0 bridgehead atoms. The van der Waals surface area contributed by atoms with Gasteiger partial charge in [-0.3, -0.25) is 0 Å². The number of aliphatic hydroxyl groups excluding tert-OH is 2. The maximum absolute atomic E-state index is 9.30. The zero-order valence-corrected chi connectivity index (χ0v) is 10.2. The average molecular weight is 220 g/mol. The molecule has 14 heavy (non-hydrogen) atoms. The maximum atomic E-state index is 9.30. The van der Waals surface area contributed by atoms with Crippen LogP contribution in [-0.2, 0) is 0 Å². The summed E-state index contributed by atoms with van der Waals surface area (Å²) in [5, 5.41) is 18.6. The second-order valence-corrected chi connectivity index (χ2v) is 5.21. The molecule has 2 atom stereocenters. The molecule has 0 aromatic carbocycles. The van der Waals surface area contributed by atoms with Gasteiger partial charge in [-0.1, -0.05) is 26.2 Å². The largest absolute Gasteiger partial charge is 0.396 e. The normalized spacial score (nSPS) is 15.4. The van der Waals surface area contributed by atoms with Crippen LogP contribution in [0.2, 0.25) is 0 Å². The SMILES string of the molecule is CCCCCC(CC(C)O)SCCO. The van der Waals surface area contributed by atoms with Crippen LogP contribution < -0.4 is 0 Å². The fourth-order valence-electron chi connectivity index (χ4n) is 1.49. The zero-order valence-electron chi connectivity index (χ0n) is 9.41.